The lowest BCUT2D eigenvalue weighted by molar-refractivity contribution is -0.132. The van der Waals surface area contributed by atoms with Gasteiger partial charge in [-0.25, -0.2) is 0 Å². The number of nitrogens with two attached hydrogens (primary N) is 1. The Morgan fingerprint density at radius 3 is 2.84 bits per heavy atom. The molecule has 2 rings (SSSR count). The van der Waals surface area contributed by atoms with Crippen LogP contribution in [-0.2, 0) is 4.79 Å². The lowest BCUT2D eigenvalue weighted by Crippen LogP contribution is -2.34. The maximum Gasteiger partial charge on any atom is 0.229 e. The Balaban J connectivity index is 2.11. The predicted octanol–water partition coefficient (Wildman–Crippen LogP) is 1.59. The Kier molecular flexibility index (Phi) is 4.19. The first-order valence-corrected chi connectivity index (χ1v) is 6.87. The maximum absolute atomic E-state index is 12.1. The summed E-state index contributed by atoms with van der Waals surface area (Å²) in [5.74, 6) is 1.53. The summed E-state index contributed by atoms with van der Waals surface area (Å²) >= 11 is 0. The maximum atomic E-state index is 12.1. The van der Waals surface area contributed by atoms with E-state index < -0.39 is 0 Å². The van der Waals surface area contributed by atoms with Gasteiger partial charge in [-0.3, -0.25) is 4.79 Å². The van der Waals surface area contributed by atoms with E-state index in [0.29, 0.717) is 18.1 Å². The van der Waals surface area contributed by atoms with Gasteiger partial charge in [0.2, 0.25) is 11.8 Å². The molecule has 0 aromatic carbocycles. The molecule has 1 fully saturated rings. The fourth-order valence-corrected chi connectivity index (χ4v) is 2.34. The number of aromatic nitrogens is 2. The lowest BCUT2D eigenvalue weighted by Gasteiger charge is -2.23. The molecule has 1 aliphatic rings. The highest BCUT2D eigenvalue weighted by Gasteiger charge is 2.33. The minimum absolute atomic E-state index is 0.0532. The van der Waals surface area contributed by atoms with Gasteiger partial charge < -0.3 is 15.2 Å². The van der Waals surface area contributed by atoms with E-state index >= 15 is 0 Å². The topological polar surface area (TPSA) is 85.3 Å². The Hall–Kier alpha value is -1.43. The normalized spacial score (nSPS) is 21.1. The first-order valence-electron chi connectivity index (χ1n) is 6.87. The van der Waals surface area contributed by atoms with E-state index in [1.165, 1.54) is 0 Å². The quantitative estimate of drug-likeness (QED) is 0.894. The van der Waals surface area contributed by atoms with Gasteiger partial charge in [0.25, 0.3) is 0 Å². The third-order valence-corrected chi connectivity index (χ3v) is 3.32. The third kappa shape index (κ3) is 3.12. The van der Waals surface area contributed by atoms with Gasteiger partial charge in [-0.15, -0.1) is 0 Å². The van der Waals surface area contributed by atoms with Crippen molar-refractivity contribution in [3.05, 3.63) is 11.7 Å². The van der Waals surface area contributed by atoms with Crippen molar-refractivity contribution >= 4 is 5.91 Å². The molecule has 1 saturated heterocycles. The molecule has 1 aromatic heterocycles. The summed E-state index contributed by atoms with van der Waals surface area (Å²) < 4.78 is 5.22. The molecule has 1 aliphatic heterocycles. The summed E-state index contributed by atoms with van der Waals surface area (Å²) in [6, 6.07) is -0.173. The third-order valence-electron chi connectivity index (χ3n) is 3.32. The first-order chi connectivity index (χ1) is 8.99. The zero-order valence-electron chi connectivity index (χ0n) is 11.8. The lowest BCUT2D eigenvalue weighted by atomic mass is 10.1. The highest BCUT2D eigenvalue weighted by atomic mass is 16.5. The van der Waals surface area contributed by atoms with Crippen LogP contribution in [0.3, 0.4) is 0 Å². The van der Waals surface area contributed by atoms with Crippen LogP contribution in [0.5, 0.6) is 0 Å². The van der Waals surface area contributed by atoms with Crippen LogP contribution in [0.2, 0.25) is 0 Å². The summed E-state index contributed by atoms with van der Waals surface area (Å²) in [6.45, 7) is 6.60. The molecular weight excluding hydrogens is 244 g/mol. The van der Waals surface area contributed by atoms with Gasteiger partial charge >= 0.3 is 0 Å². The van der Waals surface area contributed by atoms with E-state index in [1.807, 2.05) is 25.7 Å². The summed E-state index contributed by atoms with van der Waals surface area (Å²) in [6.07, 6.45) is 2.23. The fourth-order valence-electron chi connectivity index (χ4n) is 2.34. The van der Waals surface area contributed by atoms with Gasteiger partial charge in [0.1, 0.15) is 0 Å². The molecule has 0 bridgehead atoms. The predicted molar refractivity (Wildman–Crippen MR) is 70.3 cm³/mol. The van der Waals surface area contributed by atoms with Crippen LogP contribution in [0.15, 0.2) is 4.52 Å². The monoisotopic (exact) mass is 266 g/mol. The SMILES string of the molecule is CC(N)CC(=O)N1CCCC1c1noc(C(C)C)n1. The molecule has 2 N–H and O–H groups in total. The summed E-state index contributed by atoms with van der Waals surface area (Å²) in [5.41, 5.74) is 5.69. The molecule has 0 aliphatic carbocycles. The molecule has 0 radical (unpaired) electrons. The van der Waals surface area contributed by atoms with Gasteiger partial charge in [0, 0.05) is 24.9 Å². The Labute approximate surface area is 113 Å². The summed E-state index contributed by atoms with van der Waals surface area (Å²) in [7, 11) is 0. The second-order valence-electron chi connectivity index (χ2n) is 5.57. The number of likely N-dealkylation sites (tertiary alicyclic amines) is 1. The molecular formula is C13H22N4O2. The molecule has 6 heteroatoms. The van der Waals surface area contributed by atoms with Crippen molar-refractivity contribution in [3.8, 4) is 0 Å². The van der Waals surface area contributed by atoms with Crippen molar-refractivity contribution in [2.24, 2.45) is 5.73 Å². The molecule has 0 spiro atoms. The fraction of sp³-hybridized carbons (Fsp3) is 0.769. The average molecular weight is 266 g/mol. The van der Waals surface area contributed by atoms with Gasteiger partial charge in [0.05, 0.1) is 6.04 Å². The highest BCUT2D eigenvalue weighted by Crippen LogP contribution is 2.31. The summed E-state index contributed by atoms with van der Waals surface area (Å²) in [4.78, 5) is 18.4. The molecule has 106 valence electrons. The highest BCUT2D eigenvalue weighted by molar-refractivity contribution is 5.77. The molecule has 2 atom stereocenters. The van der Waals surface area contributed by atoms with Crippen LogP contribution in [0.1, 0.15) is 63.7 Å². The van der Waals surface area contributed by atoms with E-state index in [2.05, 4.69) is 10.1 Å². The average Bonchev–Trinajstić information content (AvgIpc) is 2.96. The number of amides is 1. The minimum Gasteiger partial charge on any atom is -0.339 e. The van der Waals surface area contributed by atoms with Gasteiger partial charge in [-0.05, 0) is 19.8 Å². The van der Waals surface area contributed by atoms with Crippen molar-refractivity contribution in [2.45, 2.75) is 58.0 Å². The number of nitrogens with zero attached hydrogens (tertiary/aromatic N) is 3. The van der Waals surface area contributed by atoms with Gasteiger partial charge in [-0.2, -0.15) is 4.98 Å². The Bertz CT molecular complexity index is 442. The standard InChI is InChI=1S/C13H22N4O2/c1-8(2)13-15-12(16-19-13)10-5-4-6-17(10)11(18)7-9(3)14/h8-10H,4-7,14H2,1-3H3. The zero-order chi connectivity index (χ0) is 14.0. The van der Waals surface area contributed by atoms with Crippen LogP contribution in [0, 0.1) is 0 Å². The number of carbonyl (C=O) groups excluding carboxylic acids is 1. The van der Waals surface area contributed by atoms with Crippen LogP contribution in [0.25, 0.3) is 0 Å². The van der Waals surface area contributed by atoms with E-state index in [-0.39, 0.29) is 23.9 Å². The van der Waals surface area contributed by atoms with E-state index in [0.717, 1.165) is 19.4 Å². The second kappa shape index (κ2) is 5.69. The van der Waals surface area contributed by atoms with Gasteiger partial charge in [0.15, 0.2) is 5.82 Å². The minimum atomic E-state index is -0.120. The van der Waals surface area contributed by atoms with Crippen LogP contribution in [-0.4, -0.2) is 33.5 Å². The summed E-state index contributed by atoms with van der Waals surface area (Å²) in [5, 5.41) is 4.02. The number of hydrogen-bond donors (Lipinski definition) is 1. The largest absolute Gasteiger partial charge is 0.339 e. The van der Waals surface area contributed by atoms with E-state index in [9.17, 15) is 4.79 Å². The second-order valence-corrected chi connectivity index (χ2v) is 5.57. The molecule has 2 unspecified atom stereocenters. The van der Waals surface area contributed by atoms with Gasteiger partial charge in [-0.1, -0.05) is 19.0 Å². The van der Waals surface area contributed by atoms with Crippen LogP contribution < -0.4 is 5.73 Å². The van der Waals surface area contributed by atoms with Crippen molar-refractivity contribution in [3.63, 3.8) is 0 Å². The Morgan fingerprint density at radius 1 is 1.53 bits per heavy atom. The van der Waals surface area contributed by atoms with Crippen molar-refractivity contribution in [1.82, 2.24) is 15.0 Å². The smallest absolute Gasteiger partial charge is 0.229 e. The van der Waals surface area contributed by atoms with Crippen molar-refractivity contribution < 1.29 is 9.32 Å². The van der Waals surface area contributed by atoms with Crippen LogP contribution in [0.4, 0.5) is 0 Å². The molecule has 2 heterocycles. The van der Waals surface area contributed by atoms with E-state index in [1.54, 1.807) is 0 Å². The van der Waals surface area contributed by atoms with E-state index in [4.69, 9.17) is 10.3 Å². The first kappa shape index (κ1) is 14.0. The molecule has 1 aromatic rings. The number of rotatable bonds is 4. The van der Waals surface area contributed by atoms with Crippen molar-refractivity contribution in [1.29, 1.82) is 0 Å². The molecule has 1 amide bonds. The molecule has 0 saturated carbocycles. The number of carbonyl (C=O) groups is 1. The Morgan fingerprint density at radius 2 is 2.26 bits per heavy atom. The van der Waals surface area contributed by atoms with Crippen LogP contribution >= 0.6 is 0 Å². The van der Waals surface area contributed by atoms with Crippen molar-refractivity contribution in [2.75, 3.05) is 6.54 Å². The zero-order valence-corrected chi connectivity index (χ0v) is 11.8. The molecule has 6 nitrogen and oxygen atoms in total. The molecule has 19 heavy (non-hydrogen) atoms. The number of hydrogen-bond acceptors (Lipinski definition) is 5.